The van der Waals surface area contributed by atoms with Crippen molar-refractivity contribution in [3.8, 4) is 0 Å². The lowest BCUT2D eigenvalue weighted by molar-refractivity contribution is 0.0963. The summed E-state index contributed by atoms with van der Waals surface area (Å²) >= 11 is 0. The van der Waals surface area contributed by atoms with Gasteiger partial charge in [0.15, 0.2) is 0 Å². The second-order valence-electron chi connectivity index (χ2n) is 5.64. The Morgan fingerprint density at radius 2 is 2.20 bits per heavy atom. The zero-order valence-corrected chi connectivity index (χ0v) is 12.0. The van der Waals surface area contributed by atoms with Crippen molar-refractivity contribution in [2.45, 2.75) is 25.7 Å². The van der Waals surface area contributed by atoms with Crippen LogP contribution in [0.2, 0.25) is 0 Å². The molecule has 1 aliphatic carbocycles. The third-order valence-corrected chi connectivity index (χ3v) is 4.03. The molecule has 20 heavy (non-hydrogen) atoms. The number of carbonyl (C=O) groups excluding carboxylic acids is 1. The fraction of sp³-hybridized carbons (Fsp3) is 0.600. The van der Waals surface area contributed by atoms with Gasteiger partial charge in [-0.1, -0.05) is 0 Å². The highest BCUT2D eigenvalue weighted by Gasteiger charge is 2.23. The highest BCUT2D eigenvalue weighted by Crippen LogP contribution is 2.29. The number of aromatic nitrogens is 1. The summed E-state index contributed by atoms with van der Waals surface area (Å²) in [6.45, 7) is 2.84. The van der Waals surface area contributed by atoms with Gasteiger partial charge in [-0.15, -0.1) is 0 Å². The smallest absolute Gasteiger partial charge is 0.254 e. The van der Waals surface area contributed by atoms with Crippen molar-refractivity contribution >= 4 is 11.7 Å². The summed E-state index contributed by atoms with van der Waals surface area (Å²) in [5, 5.41) is 9.46. The fourth-order valence-electron chi connectivity index (χ4n) is 2.59. The molecule has 1 aromatic heterocycles. The van der Waals surface area contributed by atoms with Gasteiger partial charge in [-0.3, -0.25) is 4.79 Å². The number of amides is 1. The predicted octanol–water partition coefficient (Wildman–Crippen LogP) is 0.951. The van der Waals surface area contributed by atoms with Crippen LogP contribution in [0.4, 0.5) is 5.82 Å². The van der Waals surface area contributed by atoms with Gasteiger partial charge < -0.3 is 16.0 Å². The van der Waals surface area contributed by atoms with E-state index in [1.807, 2.05) is 6.07 Å². The molecule has 1 amide bonds. The van der Waals surface area contributed by atoms with Crippen LogP contribution in [0.15, 0.2) is 6.07 Å². The second-order valence-corrected chi connectivity index (χ2v) is 5.64. The van der Waals surface area contributed by atoms with Gasteiger partial charge in [-0.25, -0.2) is 4.98 Å². The molecule has 5 nitrogen and oxygen atoms in total. The molecular formula is C15H22N4O. The van der Waals surface area contributed by atoms with Crippen molar-refractivity contribution < 1.29 is 4.79 Å². The maximum atomic E-state index is 12.1. The maximum absolute atomic E-state index is 12.1. The molecule has 0 radical (unpaired) electrons. The van der Waals surface area contributed by atoms with E-state index in [0.29, 0.717) is 5.56 Å². The van der Waals surface area contributed by atoms with Gasteiger partial charge >= 0.3 is 0 Å². The summed E-state index contributed by atoms with van der Waals surface area (Å²) in [5.41, 5.74) is 3.00. The van der Waals surface area contributed by atoms with Gasteiger partial charge in [0, 0.05) is 32.3 Å². The highest BCUT2D eigenvalue weighted by atomic mass is 16.1. The highest BCUT2D eigenvalue weighted by molar-refractivity contribution is 5.98. The first-order valence-electron chi connectivity index (χ1n) is 7.47. The van der Waals surface area contributed by atoms with Crippen LogP contribution in [0.25, 0.3) is 0 Å². The summed E-state index contributed by atoms with van der Waals surface area (Å²) < 4.78 is 0. The SMILES string of the molecule is CNC(=O)c1cc2c(nc1NCC1CC1)CCNCC2. The minimum Gasteiger partial charge on any atom is -0.369 e. The monoisotopic (exact) mass is 274 g/mol. The van der Waals surface area contributed by atoms with E-state index in [1.54, 1.807) is 7.05 Å². The number of hydrogen-bond donors (Lipinski definition) is 3. The molecule has 5 heteroatoms. The van der Waals surface area contributed by atoms with Crippen LogP contribution < -0.4 is 16.0 Å². The Balaban J connectivity index is 1.90. The molecule has 0 bridgehead atoms. The number of anilines is 1. The van der Waals surface area contributed by atoms with Gasteiger partial charge in [0.05, 0.1) is 5.56 Å². The minimum absolute atomic E-state index is 0.0594. The molecule has 2 aliphatic rings. The zero-order chi connectivity index (χ0) is 13.9. The van der Waals surface area contributed by atoms with Gasteiger partial charge in [-0.2, -0.15) is 0 Å². The fourth-order valence-corrected chi connectivity index (χ4v) is 2.59. The molecular weight excluding hydrogens is 252 g/mol. The van der Waals surface area contributed by atoms with Gasteiger partial charge in [0.2, 0.25) is 0 Å². The van der Waals surface area contributed by atoms with Crippen LogP contribution in [-0.4, -0.2) is 37.6 Å². The summed E-state index contributed by atoms with van der Waals surface area (Å²) in [6, 6.07) is 2.02. The minimum atomic E-state index is -0.0594. The van der Waals surface area contributed by atoms with Crippen LogP contribution in [-0.2, 0) is 12.8 Å². The van der Waals surface area contributed by atoms with Crippen molar-refractivity contribution in [3.63, 3.8) is 0 Å². The van der Waals surface area contributed by atoms with E-state index in [1.165, 1.54) is 18.4 Å². The van der Waals surface area contributed by atoms with Crippen molar-refractivity contribution in [1.82, 2.24) is 15.6 Å². The topological polar surface area (TPSA) is 66.0 Å². The van der Waals surface area contributed by atoms with Crippen molar-refractivity contribution in [3.05, 3.63) is 22.9 Å². The summed E-state index contributed by atoms with van der Waals surface area (Å²) in [7, 11) is 1.67. The Kier molecular flexibility index (Phi) is 3.87. The van der Waals surface area contributed by atoms with E-state index in [2.05, 4.69) is 16.0 Å². The van der Waals surface area contributed by atoms with Crippen molar-refractivity contribution in [2.24, 2.45) is 5.92 Å². The molecule has 3 N–H and O–H groups in total. The lowest BCUT2D eigenvalue weighted by Crippen LogP contribution is -2.22. The molecule has 0 aromatic carbocycles. The van der Waals surface area contributed by atoms with Crippen molar-refractivity contribution in [1.29, 1.82) is 0 Å². The van der Waals surface area contributed by atoms with Crippen LogP contribution in [0.1, 0.15) is 34.5 Å². The van der Waals surface area contributed by atoms with E-state index in [-0.39, 0.29) is 5.91 Å². The van der Waals surface area contributed by atoms with E-state index in [4.69, 9.17) is 4.98 Å². The molecule has 1 fully saturated rings. The Bertz CT molecular complexity index is 511. The Morgan fingerprint density at radius 1 is 1.40 bits per heavy atom. The Labute approximate surface area is 119 Å². The van der Waals surface area contributed by atoms with Crippen LogP contribution in [0.3, 0.4) is 0 Å². The first-order chi connectivity index (χ1) is 9.78. The molecule has 1 saturated carbocycles. The van der Waals surface area contributed by atoms with Crippen LogP contribution in [0, 0.1) is 5.92 Å². The Hall–Kier alpha value is -1.62. The first-order valence-corrected chi connectivity index (χ1v) is 7.47. The van der Waals surface area contributed by atoms with E-state index in [9.17, 15) is 4.79 Å². The quantitative estimate of drug-likeness (QED) is 0.765. The average Bonchev–Trinajstić information content (AvgIpc) is 3.29. The van der Waals surface area contributed by atoms with E-state index >= 15 is 0 Å². The van der Waals surface area contributed by atoms with Crippen molar-refractivity contribution in [2.75, 3.05) is 32.0 Å². The number of nitrogens with zero attached hydrogens (tertiary/aromatic N) is 1. The molecule has 3 rings (SSSR count). The molecule has 0 saturated heterocycles. The number of rotatable bonds is 4. The molecule has 0 unspecified atom stereocenters. The molecule has 108 valence electrons. The lowest BCUT2D eigenvalue weighted by atomic mass is 10.1. The number of pyridine rings is 1. The number of fused-ring (bicyclic) bond motifs is 1. The van der Waals surface area contributed by atoms with Crippen LogP contribution >= 0.6 is 0 Å². The summed E-state index contributed by atoms with van der Waals surface area (Å²) in [4.78, 5) is 16.8. The molecule has 1 aliphatic heterocycles. The first kappa shape index (κ1) is 13.4. The molecule has 0 spiro atoms. The summed E-state index contributed by atoms with van der Waals surface area (Å²) in [6.07, 6.45) is 4.45. The third kappa shape index (κ3) is 2.93. The van der Waals surface area contributed by atoms with Gasteiger partial charge in [0.25, 0.3) is 5.91 Å². The molecule has 1 aromatic rings. The second kappa shape index (κ2) is 5.79. The zero-order valence-electron chi connectivity index (χ0n) is 12.0. The average molecular weight is 274 g/mol. The van der Waals surface area contributed by atoms with E-state index < -0.39 is 0 Å². The number of hydrogen-bond acceptors (Lipinski definition) is 4. The molecule has 0 atom stereocenters. The normalized spacial score (nSPS) is 18.1. The predicted molar refractivity (Wildman–Crippen MR) is 79.1 cm³/mol. The molecule has 2 heterocycles. The standard InChI is InChI=1S/C15H22N4O/c1-16-15(20)12-8-11-4-6-17-7-5-13(11)19-14(12)18-9-10-2-3-10/h8,10,17H,2-7,9H2,1H3,(H,16,20)(H,18,19). The van der Waals surface area contributed by atoms with Gasteiger partial charge in [0.1, 0.15) is 5.82 Å². The Morgan fingerprint density at radius 3 is 2.95 bits per heavy atom. The number of carbonyl (C=O) groups is 1. The number of nitrogens with one attached hydrogen (secondary N) is 3. The largest absolute Gasteiger partial charge is 0.369 e. The maximum Gasteiger partial charge on any atom is 0.254 e. The third-order valence-electron chi connectivity index (χ3n) is 4.03. The summed E-state index contributed by atoms with van der Waals surface area (Å²) in [5.74, 6) is 1.45. The van der Waals surface area contributed by atoms with Gasteiger partial charge in [-0.05, 0) is 43.4 Å². The van der Waals surface area contributed by atoms with Crippen LogP contribution in [0.5, 0.6) is 0 Å². The lowest BCUT2D eigenvalue weighted by Gasteiger charge is -2.14. The van der Waals surface area contributed by atoms with E-state index in [0.717, 1.165) is 49.9 Å².